The fraction of sp³-hybridized carbons (Fsp3) is 0.172. The molecule has 0 spiro atoms. The van der Waals surface area contributed by atoms with Gasteiger partial charge < -0.3 is 9.72 Å². The fourth-order valence-electron chi connectivity index (χ4n) is 4.31. The summed E-state index contributed by atoms with van der Waals surface area (Å²) in [6.45, 7) is 6.75. The highest BCUT2D eigenvalue weighted by molar-refractivity contribution is 6.15. The molecule has 1 aromatic heterocycles. The van der Waals surface area contributed by atoms with Gasteiger partial charge >= 0.3 is 0 Å². The molecule has 0 unspecified atom stereocenters. The highest BCUT2D eigenvalue weighted by atomic mass is 16.5. The number of ether oxygens (including phenoxy) is 1. The highest BCUT2D eigenvalue weighted by Crippen LogP contribution is 2.39. The molecular weight excluding hydrogens is 378 g/mol. The molecule has 0 saturated heterocycles. The zero-order chi connectivity index (χ0) is 21.6. The van der Waals surface area contributed by atoms with Gasteiger partial charge in [0.05, 0.1) is 7.11 Å². The van der Waals surface area contributed by atoms with Gasteiger partial charge in [0.25, 0.3) is 0 Å². The second-order valence-corrected chi connectivity index (χ2v) is 9.17. The second-order valence-electron chi connectivity index (χ2n) is 9.17. The van der Waals surface area contributed by atoms with Crippen molar-refractivity contribution in [2.75, 3.05) is 7.11 Å². The van der Waals surface area contributed by atoms with Crippen LogP contribution in [0.5, 0.6) is 5.75 Å². The summed E-state index contributed by atoms with van der Waals surface area (Å²) in [7, 11) is 1.70. The molecule has 2 nitrogen and oxygen atoms in total. The molecule has 2 heteroatoms. The topological polar surface area (TPSA) is 25.0 Å². The molecule has 31 heavy (non-hydrogen) atoms. The Labute approximate surface area is 183 Å². The van der Waals surface area contributed by atoms with Crippen LogP contribution < -0.4 is 4.74 Å². The summed E-state index contributed by atoms with van der Waals surface area (Å²) >= 11 is 0. The van der Waals surface area contributed by atoms with E-state index >= 15 is 0 Å². The van der Waals surface area contributed by atoms with Crippen LogP contribution in [0.25, 0.3) is 44.1 Å². The van der Waals surface area contributed by atoms with Gasteiger partial charge in [0.2, 0.25) is 0 Å². The summed E-state index contributed by atoms with van der Waals surface area (Å²) < 4.78 is 5.37. The van der Waals surface area contributed by atoms with Crippen LogP contribution in [0.15, 0.2) is 84.9 Å². The normalized spacial score (nSPS) is 11.9. The van der Waals surface area contributed by atoms with Crippen LogP contribution in [0.4, 0.5) is 0 Å². The van der Waals surface area contributed by atoms with Crippen molar-refractivity contribution in [2.24, 2.45) is 0 Å². The average Bonchev–Trinajstić information content (AvgIpc) is 3.16. The second kappa shape index (κ2) is 7.31. The number of nitrogens with one attached hydrogen (secondary N) is 1. The van der Waals surface area contributed by atoms with Crippen LogP contribution in [-0.2, 0) is 5.41 Å². The summed E-state index contributed by atoms with van der Waals surface area (Å²) in [5.41, 5.74) is 8.66. The van der Waals surface area contributed by atoms with Crippen molar-refractivity contribution in [3.63, 3.8) is 0 Å². The maximum absolute atomic E-state index is 5.37. The first-order valence-corrected chi connectivity index (χ1v) is 10.7. The van der Waals surface area contributed by atoms with Crippen molar-refractivity contribution < 1.29 is 4.74 Å². The third-order valence-electron chi connectivity index (χ3n) is 6.09. The standard InChI is InChI=1S/C29H27NO/c1-29(2,3)22-13-9-19(10-14-22)21-17-25(20-11-15-23(31-4)16-12-20)28-24-7-5-6-8-26(24)30-27(28)18-21/h5-18,30H,1-4H3. The number of benzene rings is 4. The van der Waals surface area contributed by atoms with E-state index in [-0.39, 0.29) is 5.41 Å². The number of aromatic nitrogens is 1. The molecule has 1 heterocycles. The molecule has 0 aliphatic heterocycles. The number of hydrogen-bond donors (Lipinski definition) is 1. The minimum atomic E-state index is 0.147. The van der Waals surface area contributed by atoms with E-state index in [1.165, 1.54) is 38.6 Å². The SMILES string of the molecule is COc1ccc(-c2cc(-c3ccc(C(C)(C)C)cc3)cc3[nH]c4ccccc4c23)cc1. The zero-order valence-corrected chi connectivity index (χ0v) is 18.5. The van der Waals surface area contributed by atoms with Gasteiger partial charge in [0.15, 0.2) is 0 Å². The maximum Gasteiger partial charge on any atom is 0.118 e. The number of hydrogen-bond acceptors (Lipinski definition) is 1. The van der Waals surface area contributed by atoms with Gasteiger partial charge in [0.1, 0.15) is 5.75 Å². The van der Waals surface area contributed by atoms with Gasteiger partial charge in [-0.3, -0.25) is 0 Å². The Morgan fingerprint density at radius 1 is 0.677 bits per heavy atom. The molecule has 0 fully saturated rings. The number of fused-ring (bicyclic) bond motifs is 3. The van der Waals surface area contributed by atoms with Crippen LogP contribution in [0.1, 0.15) is 26.3 Å². The highest BCUT2D eigenvalue weighted by Gasteiger charge is 2.15. The Morgan fingerprint density at radius 2 is 1.35 bits per heavy atom. The lowest BCUT2D eigenvalue weighted by Crippen LogP contribution is -2.10. The van der Waals surface area contributed by atoms with E-state index in [4.69, 9.17) is 4.74 Å². The monoisotopic (exact) mass is 405 g/mol. The summed E-state index contributed by atoms with van der Waals surface area (Å²) in [6.07, 6.45) is 0. The van der Waals surface area contributed by atoms with Crippen LogP contribution in [0, 0.1) is 0 Å². The van der Waals surface area contributed by atoms with Crippen molar-refractivity contribution >= 4 is 21.8 Å². The Kier molecular flexibility index (Phi) is 4.59. The summed E-state index contributed by atoms with van der Waals surface area (Å²) in [6, 6.07) is 30.4. The van der Waals surface area contributed by atoms with Gasteiger partial charge in [-0.2, -0.15) is 0 Å². The van der Waals surface area contributed by atoms with Crippen molar-refractivity contribution in [1.82, 2.24) is 4.98 Å². The lowest BCUT2D eigenvalue weighted by molar-refractivity contribution is 0.415. The first-order valence-electron chi connectivity index (χ1n) is 10.7. The average molecular weight is 406 g/mol. The van der Waals surface area contributed by atoms with E-state index < -0.39 is 0 Å². The maximum atomic E-state index is 5.37. The lowest BCUT2D eigenvalue weighted by atomic mass is 9.86. The third kappa shape index (κ3) is 3.48. The molecule has 4 aromatic carbocycles. The van der Waals surface area contributed by atoms with E-state index in [0.29, 0.717) is 0 Å². The molecule has 154 valence electrons. The lowest BCUT2D eigenvalue weighted by Gasteiger charge is -2.19. The molecule has 0 amide bonds. The van der Waals surface area contributed by atoms with E-state index in [0.717, 1.165) is 16.8 Å². The predicted molar refractivity (Wildman–Crippen MR) is 132 cm³/mol. The molecule has 0 radical (unpaired) electrons. The Hall–Kier alpha value is -3.52. The molecular formula is C29H27NO. The Balaban J connectivity index is 1.74. The van der Waals surface area contributed by atoms with Gasteiger partial charge in [-0.15, -0.1) is 0 Å². The van der Waals surface area contributed by atoms with Crippen molar-refractivity contribution in [1.29, 1.82) is 0 Å². The van der Waals surface area contributed by atoms with E-state index in [9.17, 15) is 0 Å². The van der Waals surface area contributed by atoms with Gasteiger partial charge in [0, 0.05) is 21.8 Å². The van der Waals surface area contributed by atoms with Crippen LogP contribution >= 0.6 is 0 Å². The summed E-state index contributed by atoms with van der Waals surface area (Å²) in [5, 5.41) is 2.51. The molecule has 0 aliphatic rings. The molecule has 5 aromatic rings. The molecule has 0 aliphatic carbocycles. The first kappa shape index (κ1) is 19.4. The fourth-order valence-corrected chi connectivity index (χ4v) is 4.31. The zero-order valence-electron chi connectivity index (χ0n) is 18.5. The minimum Gasteiger partial charge on any atom is -0.497 e. The van der Waals surface area contributed by atoms with Crippen LogP contribution in [0.2, 0.25) is 0 Å². The molecule has 0 atom stereocenters. The molecule has 0 saturated carbocycles. The number of methoxy groups -OCH3 is 1. The van der Waals surface area contributed by atoms with Gasteiger partial charge in [-0.1, -0.05) is 75.4 Å². The number of H-pyrrole nitrogens is 1. The van der Waals surface area contributed by atoms with Crippen molar-refractivity contribution in [3.05, 3.63) is 90.5 Å². The molecule has 0 bridgehead atoms. The summed E-state index contributed by atoms with van der Waals surface area (Å²) in [5.74, 6) is 0.868. The molecule has 5 rings (SSSR count). The number of rotatable bonds is 3. The van der Waals surface area contributed by atoms with Gasteiger partial charge in [-0.05, 0) is 63.6 Å². The Morgan fingerprint density at radius 3 is 2.03 bits per heavy atom. The van der Waals surface area contributed by atoms with E-state index in [1.54, 1.807) is 7.11 Å². The quantitative estimate of drug-likeness (QED) is 0.323. The minimum absolute atomic E-state index is 0.147. The number of aromatic amines is 1. The van der Waals surface area contributed by atoms with Gasteiger partial charge in [-0.25, -0.2) is 0 Å². The third-order valence-corrected chi connectivity index (χ3v) is 6.09. The van der Waals surface area contributed by atoms with E-state index in [1.807, 2.05) is 12.1 Å². The van der Waals surface area contributed by atoms with Crippen molar-refractivity contribution in [2.45, 2.75) is 26.2 Å². The first-order chi connectivity index (χ1) is 14.9. The number of para-hydroxylation sites is 1. The van der Waals surface area contributed by atoms with Crippen LogP contribution in [0.3, 0.4) is 0 Å². The van der Waals surface area contributed by atoms with Crippen LogP contribution in [-0.4, -0.2) is 12.1 Å². The Bertz CT molecular complexity index is 1370. The molecule has 1 N–H and O–H groups in total. The predicted octanol–water partition coefficient (Wildman–Crippen LogP) is 7.96. The smallest absolute Gasteiger partial charge is 0.118 e. The largest absolute Gasteiger partial charge is 0.497 e. The summed E-state index contributed by atoms with van der Waals surface area (Å²) in [4.78, 5) is 3.63. The van der Waals surface area contributed by atoms with Crippen molar-refractivity contribution in [3.8, 4) is 28.0 Å². The van der Waals surface area contributed by atoms with E-state index in [2.05, 4.69) is 98.6 Å².